The molecule has 2 aromatic rings. The van der Waals surface area contributed by atoms with E-state index in [4.69, 9.17) is 9.57 Å². The maximum absolute atomic E-state index is 15.5. The van der Waals surface area contributed by atoms with Gasteiger partial charge in [0.25, 0.3) is 0 Å². The average molecular weight is 558 g/mol. The van der Waals surface area contributed by atoms with Crippen LogP contribution >= 0.6 is 0 Å². The number of hydrogen-bond acceptors (Lipinski definition) is 9. The van der Waals surface area contributed by atoms with Crippen LogP contribution in [0.4, 0.5) is 16.0 Å². The number of nitrogens with zero attached hydrogens (tertiary/aromatic N) is 5. The van der Waals surface area contributed by atoms with Crippen LogP contribution in [0.2, 0.25) is 0 Å². The predicted octanol–water partition coefficient (Wildman–Crippen LogP) is 3.00. The fourth-order valence-corrected chi connectivity index (χ4v) is 5.29. The molecule has 1 aliphatic heterocycles. The van der Waals surface area contributed by atoms with E-state index in [9.17, 15) is 9.59 Å². The molecule has 12 heteroatoms. The van der Waals surface area contributed by atoms with Gasteiger partial charge in [-0.25, -0.2) is 5.06 Å². The number of methoxy groups -OCH3 is 1. The summed E-state index contributed by atoms with van der Waals surface area (Å²) in [5, 5.41) is 1.16. The van der Waals surface area contributed by atoms with Crippen molar-refractivity contribution >= 4 is 24.0 Å². The van der Waals surface area contributed by atoms with Crippen LogP contribution in [0.3, 0.4) is 0 Å². The molecule has 0 radical (unpaired) electrons. The standard InChI is InChI=1S/C28H40FN7O4/c1-3-34-13-15-35(16-14-34)26-24(29)25(30-28(31-26)39-2)32-33-27(38)23(17-21-9-7-8-10-21)18-36(20-37)40-19-22-11-5-4-6-12-22/h4-6,11-12,20-21,23H,3,7-10,13-19H2,1-2H3,(H,33,38)(H,30,31,32)/t23-/m1/s1. The summed E-state index contributed by atoms with van der Waals surface area (Å²) in [5.74, 6) is -1.28. The summed E-state index contributed by atoms with van der Waals surface area (Å²) >= 11 is 0. The number of benzene rings is 1. The summed E-state index contributed by atoms with van der Waals surface area (Å²) in [6.07, 6.45) is 5.51. The number of aromatic nitrogens is 2. The number of hydrazine groups is 1. The first kappa shape index (κ1) is 29.5. The molecule has 0 unspecified atom stereocenters. The van der Waals surface area contributed by atoms with Gasteiger partial charge in [-0.2, -0.15) is 14.4 Å². The van der Waals surface area contributed by atoms with Crippen LogP contribution in [0.5, 0.6) is 6.01 Å². The largest absolute Gasteiger partial charge is 0.467 e. The fraction of sp³-hybridized carbons (Fsp3) is 0.571. The molecule has 0 bridgehead atoms. The van der Waals surface area contributed by atoms with Crippen molar-refractivity contribution in [1.82, 2.24) is 25.4 Å². The third-order valence-corrected chi connectivity index (χ3v) is 7.64. The molecule has 1 saturated heterocycles. The Balaban J connectivity index is 1.43. The molecule has 2 fully saturated rings. The van der Waals surface area contributed by atoms with Gasteiger partial charge in [-0.15, -0.1) is 0 Å². The summed E-state index contributed by atoms with van der Waals surface area (Å²) in [6.45, 7) is 6.13. The van der Waals surface area contributed by atoms with E-state index in [1.807, 2.05) is 35.2 Å². The van der Waals surface area contributed by atoms with Gasteiger partial charge in [0.05, 0.1) is 19.6 Å². The Kier molecular flexibility index (Phi) is 10.9. The highest BCUT2D eigenvalue weighted by Crippen LogP contribution is 2.31. The van der Waals surface area contributed by atoms with Crippen LogP contribution in [0, 0.1) is 17.7 Å². The lowest BCUT2D eigenvalue weighted by Crippen LogP contribution is -2.47. The molecular formula is C28H40FN7O4. The monoisotopic (exact) mass is 557 g/mol. The second-order valence-electron chi connectivity index (χ2n) is 10.3. The zero-order valence-electron chi connectivity index (χ0n) is 23.4. The number of likely N-dealkylation sites (N-methyl/N-ethyl adjacent to an activating group) is 1. The summed E-state index contributed by atoms with van der Waals surface area (Å²) in [5.41, 5.74) is 6.18. The summed E-state index contributed by atoms with van der Waals surface area (Å²) < 4.78 is 20.8. The maximum Gasteiger partial charge on any atom is 0.320 e. The van der Waals surface area contributed by atoms with Gasteiger partial charge in [-0.1, -0.05) is 62.9 Å². The Hall–Kier alpha value is -3.51. The Labute approximate surface area is 235 Å². The number of carbonyl (C=O) groups is 2. The Morgan fingerprint density at radius 3 is 2.55 bits per heavy atom. The number of ether oxygens (including phenoxy) is 1. The van der Waals surface area contributed by atoms with Crippen molar-refractivity contribution in [3.8, 4) is 6.01 Å². The number of anilines is 2. The zero-order valence-corrected chi connectivity index (χ0v) is 23.4. The Bertz CT molecular complexity index is 1100. The van der Waals surface area contributed by atoms with Gasteiger partial charge in [-0.05, 0) is 24.4 Å². The van der Waals surface area contributed by atoms with Crippen molar-refractivity contribution in [3.63, 3.8) is 0 Å². The van der Waals surface area contributed by atoms with Crippen molar-refractivity contribution in [2.75, 3.05) is 56.7 Å². The summed E-state index contributed by atoms with van der Waals surface area (Å²) in [4.78, 5) is 43.3. The molecule has 2 heterocycles. The second-order valence-corrected chi connectivity index (χ2v) is 10.3. The lowest BCUT2D eigenvalue weighted by atomic mass is 9.92. The number of hydrogen-bond donors (Lipinski definition) is 2. The minimum atomic E-state index is -0.667. The maximum atomic E-state index is 15.5. The fourth-order valence-electron chi connectivity index (χ4n) is 5.29. The lowest BCUT2D eigenvalue weighted by Gasteiger charge is -2.35. The third-order valence-electron chi connectivity index (χ3n) is 7.64. The molecule has 1 saturated carbocycles. The van der Waals surface area contributed by atoms with Gasteiger partial charge in [0.1, 0.15) is 6.61 Å². The van der Waals surface area contributed by atoms with Crippen molar-refractivity contribution < 1.29 is 23.6 Å². The summed E-state index contributed by atoms with van der Waals surface area (Å²) in [7, 11) is 1.41. The van der Waals surface area contributed by atoms with Gasteiger partial charge in [-0.3, -0.25) is 25.3 Å². The van der Waals surface area contributed by atoms with E-state index in [1.165, 1.54) is 7.11 Å². The second kappa shape index (κ2) is 14.8. The van der Waals surface area contributed by atoms with Crippen molar-refractivity contribution in [1.29, 1.82) is 0 Å². The number of piperazine rings is 1. The topological polar surface area (TPSA) is 112 Å². The van der Waals surface area contributed by atoms with E-state index in [0.29, 0.717) is 31.8 Å². The molecule has 218 valence electrons. The highest BCUT2D eigenvalue weighted by Gasteiger charge is 2.29. The number of hydroxylamine groups is 2. The van der Waals surface area contributed by atoms with E-state index in [-0.39, 0.29) is 36.7 Å². The van der Waals surface area contributed by atoms with Crippen LogP contribution in [-0.2, 0) is 21.0 Å². The molecule has 1 aromatic heterocycles. The first-order valence-electron chi connectivity index (χ1n) is 14.0. The quantitative estimate of drug-likeness (QED) is 0.267. The normalized spacial score (nSPS) is 16.9. The molecule has 40 heavy (non-hydrogen) atoms. The van der Waals surface area contributed by atoms with E-state index in [2.05, 4.69) is 32.6 Å². The van der Waals surface area contributed by atoms with Crippen LogP contribution < -0.4 is 20.5 Å². The molecule has 4 rings (SSSR count). The highest BCUT2D eigenvalue weighted by molar-refractivity contribution is 5.80. The average Bonchev–Trinajstić information content (AvgIpc) is 3.52. The predicted molar refractivity (Wildman–Crippen MR) is 149 cm³/mol. The van der Waals surface area contributed by atoms with Gasteiger partial charge in [0, 0.05) is 26.2 Å². The van der Waals surface area contributed by atoms with Crippen molar-refractivity contribution in [2.24, 2.45) is 11.8 Å². The van der Waals surface area contributed by atoms with Gasteiger partial charge < -0.3 is 14.5 Å². The van der Waals surface area contributed by atoms with Crippen LogP contribution in [0.1, 0.15) is 44.6 Å². The first-order valence-corrected chi connectivity index (χ1v) is 14.0. The molecule has 2 aliphatic rings. The smallest absolute Gasteiger partial charge is 0.320 e. The van der Waals surface area contributed by atoms with Crippen LogP contribution in [0.25, 0.3) is 0 Å². The molecule has 1 atom stereocenters. The van der Waals surface area contributed by atoms with Crippen molar-refractivity contribution in [3.05, 3.63) is 41.7 Å². The minimum absolute atomic E-state index is 0.00461. The number of carbonyl (C=O) groups excluding carboxylic acids is 2. The van der Waals surface area contributed by atoms with Gasteiger partial charge in [0.15, 0.2) is 11.6 Å². The zero-order chi connectivity index (χ0) is 28.3. The van der Waals surface area contributed by atoms with E-state index in [1.54, 1.807) is 0 Å². The molecule has 11 nitrogen and oxygen atoms in total. The molecule has 2 N–H and O–H groups in total. The number of rotatable bonds is 14. The van der Waals surface area contributed by atoms with Crippen LogP contribution in [-0.4, -0.2) is 78.6 Å². The highest BCUT2D eigenvalue weighted by atomic mass is 19.1. The van der Waals surface area contributed by atoms with E-state index < -0.39 is 11.7 Å². The first-order chi connectivity index (χ1) is 19.5. The molecule has 2 amide bonds. The summed E-state index contributed by atoms with van der Waals surface area (Å²) in [6, 6.07) is 9.49. The minimum Gasteiger partial charge on any atom is -0.467 e. The number of halogens is 1. The van der Waals surface area contributed by atoms with Gasteiger partial charge >= 0.3 is 6.01 Å². The Morgan fingerprint density at radius 2 is 1.90 bits per heavy atom. The number of amides is 2. The SMILES string of the molecule is CCN1CCN(c2nc(OC)nc(NNC(=O)[C@H](CC3CCCC3)CN(C=O)OCc3ccccc3)c2F)CC1. The molecule has 1 aliphatic carbocycles. The van der Waals surface area contributed by atoms with Gasteiger partial charge in [0.2, 0.25) is 18.1 Å². The third kappa shape index (κ3) is 8.01. The molecule has 1 aromatic carbocycles. The van der Waals surface area contributed by atoms with Crippen LogP contribution in [0.15, 0.2) is 30.3 Å². The van der Waals surface area contributed by atoms with Crippen molar-refractivity contribution in [2.45, 2.75) is 45.6 Å². The van der Waals surface area contributed by atoms with E-state index in [0.717, 1.165) is 55.9 Å². The molecule has 0 spiro atoms. The lowest BCUT2D eigenvalue weighted by molar-refractivity contribution is -0.182. The Morgan fingerprint density at radius 1 is 1.18 bits per heavy atom. The molecular weight excluding hydrogens is 517 g/mol. The number of nitrogens with one attached hydrogen (secondary N) is 2. The van der Waals surface area contributed by atoms with E-state index >= 15 is 4.39 Å².